The van der Waals surface area contributed by atoms with Gasteiger partial charge in [-0.3, -0.25) is 4.68 Å². The first kappa shape index (κ1) is 11.9. The summed E-state index contributed by atoms with van der Waals surface area (Å²) in [6, 6.07) is 10.9. The second-order valence-corrected chi connectivity index (χ2v) is 4.55. The van der Waals surface area contributed by atoms with Gasteiger partial charge in [-0.2, -0.15) is 5.10 Å². The van der Waals surface area contributed by atoms with Gasteiger partial charge in [0.25, 0.3) is 0 Å². The maximum atomic E-state index is 5.76. The fraction of sp³-hybridized carbons (Fsp3) is 0.357. The van der Waals surface area contributed by atoms with E-state index in [0.717, 1.165) is 18.5 Å². The van der Waals surface area contributed by atoms with Crippen LogP contribution in [0.5, 0.6) is 0 Å². The first-order valence-electron chi connectivity index (χ1n) is 5.99. The van der Waals surface area contributed by atoms with Gasteiger partial charge in [0.1, 0.15) is 0 Å². The molecule has 1 aromatic heterocycles. The highest BCUT2D eigenvalue weighted by Gasteiger charge is 2.02. The van der Waals surface area contributed by atoms with Crippen LogP contribution in [-0.4, -0.2) is 15.8 Å². The molecule has 0 aliphatic carbocycles. The summed E-state index contributed by atoms with van der Waals surface area (Å²) in [7, 11) is 1.96. The minimum Gasteiger partial charge on any atom is -0.328 e. The predicted octanol–water partition coefficient (Wildman–Crippen LogP) is 2.37. The number of aromatic nitrogens is 2. The highest BCUT2D eigenvalue weighted by atomic mass is 15.2. The molecule has 90 valence electrons. The summed E-state index contributed by atoms with van der Waals surface area (Å²) in [5.41, 5.74) is 9.44. The highest BCUT2D eigenvalue weighted by molar-refractivity contribution is 5.59. The molecule has 0 spiro atoms. The number of rotatable bonds is 4. The van der Waals surface area contributed by atoms with Gasteiger partial charge < -0.3 is 5.73 Å². The van der Waals surface area contributed by atoms with Crippen LogP contribution in [0.25, 0.3) is 11.3 Å². The first-order valence-corrected chi connectivity index (χ1v) is 5.99. The van der Waals surface area contributed by atoms with Crippen LogP contribution in [0.15, 0.2) is 36.5 Å². The van der Waals surface area contributed by atoms with Gasteiger partial charge >= 0.3 is 0 Å². The molecule has 0 saturated carbocycles. The van der Waals surface area contributed by atoms with Crippen molar-refractivity contribution in [2.75, 3.05) is 0 Å². The van der Waals surface area contributed by atoms with Crippen molar-refractivity contribution >= 4 is 0 Å². The molecule has 1 heterocycles. The number of hydrogen-bond acceptors (Lipinski definition) is 2. The van der Waals surface area contributed by atoms with E-state index in [1.807, 2.05) is 30.9 Å². The quantitative estimate of drug-likeness (QED) is 0.874. The largest absolute Gasteiger partial charge is 0.328 e. The topological polar surface area (TPSA) is 43.8 Å². The lowest BCUT2D eigenvalue weighted by molar-refractivity contribution is 0.666. The number of nitrogens with zero attached hydrogens (tertiary/aromatic N) is 2. The number of aryl methyl sites for hydroxylation is 2. The second kappa shape index (κ2) is 5.15. The molecule has 0 aliphatic rings. The lowest BCUT2D eigenvalue weighted by Crippen LogP contribution is -2.15. The van der Waals surface area contributed by atoms with Gasteiger partial charge in [-0.1, -0.05) is 24.3 Å². The molecule has 3 nitrogen and oxygen atoms in total. The Morgan fingerprint density at radius 2 is 1.94 bits per heavy atom. The Hall–Kier alpha value is -1.61. The summed E-state index contributed by atoms with van der Waals surface area (Å²) in [6.07, 6.45) is 3.90. The fourth-order valence-corrected chi connectivity index (χ4v) is 1.89. The summed E-state index contributed by atoms with van der Waals surface area (Å²) in [4.78, 5) is 0. The third-order valence-electron chi connectivity index (χ3n) is 2.96. The van der Waals surface area contributed by atoms with E-state index < -0.39 is 0 Å². The summed E-state index contributed by atoms with van der Waals surface area (Å²) in [5.74, 6) is 0. The van der Waals surface area contributed by atoms with Crippen molar-refractivity contribution in [1.29, 1.82) is 0 Å². The molecule has 0 unspecified atom stereocenters. The molecule has 0 saturated heterocycles. The summed E-state index contributed by atoms with van der Waals surface area (Å²) in [6.45, 7) is 2.05. The van der Waals surface area contributed by atoms with Crippen molar-refractivity contribution < 1.29 is 0 Å². The summed E-state index contributed by atoms with van der Waals surface area (Å²) in [5, 5.41) is 4.18. The summed E-state index contributed by atoms with van der Waals surface area (Å²) < 4.78 is 1.89. The Balaban J connectivity index is 2.11. The van der Waals surface area contributed by atoms with Gasteiger partial charge in [-0.15, -0.1) is 0 Å². The maximum absolute atomic E-state index is 5.76. The van der Waals surface area contributed by atoms with E-state index in [1.165, 1.54) is 11.1 Å². The maximum Gasteiger partial charge on any atom is 0.0678 e. The smallest absolute Gasteiger partial charge is 0.0678 e. The molecule has 0 amide bonds. The van der Waals surface area contributed by atoms with Crippen LogP contribution in [0, 0.1) is 0 Å². The monoisotopic (exact) mass is 229 g/mol. The standard InChI is InChI=1S/C14H19N3/c1-11(15)3-4-12-5-7-13(8-6-12)14-9-10-16-17(14)2/h5-11H,3-4,15H2,1-2H3/t11-/m1/s1. The van der Waals surface area contributed by atoms with Crippen molar-refractivity contribution in [2.45, 2.75) is 25.8 Å². The van der Waals surface area contributed by atoms with Crippen LogP contribution < -0.4 is 5.73 Å². The van der Waals surface area contributed by atoms with E-state index in [1.54, 1.807) is 0 Å². The van der Waals surface area contributed by atoms with E-state index in [4.69, 9.17) is 5.73 Å². The molecular weight excluding hydrogens is 210 g/mol. The molecule has 0 bridgehead atoms. The van der Waals surface area contributed by atoms with Crippen molar-refractivity contribution in [3.63, 3.8) is 0 Å². The van der Waals surface area contributed by atoms with Crippen molar-refractivity contribution in [3.05, 3.63) is 42.1 Å². The Morgan fingerprint density at radius 1 is 1.24 bits per heavy atom. The zero-order valence-corrected chi connectivity index (χ0v) is 10.4. The second-order valence-electron chi connectivity index (χ2n) is 4.55. The molecule has 1 aromatic carbocycles. The lowest BCUT2D eigenvalue weighted by atomic mass is 10.0. The van der Waals surface area contributed by atoms with Gasteiger partial charge in [0, 0.05) is 19.3 Å². The average Bonchev–Trinajstić information content (AvgIpc) is 2.73. The van der Waals surface area contributed by atoms with Crippen molar-refractivity contribution in [3.8, 4) is 11.3 Å². The van der Waals surface area contributed by atoms with E-state index in [9.17, 15) is 0 Å². The first-order chi connectivity index (χ1) is 8.16. The average molecular weight is 229 g/mol. The molecule has 0 aliphatic heterocycles. The molecule has 2 aromatic rings. The van der Waals surface area contributed by atoms with Crippen LogP contribution in [0.3, 0.4) is 0 Å². The Kier molecular flexibility index (Phi) is 3.59. The van der Waals surface area contributed by atoms with Gasteiger partial charge in [-0.25, -0.2) is 0 Å². The molecule has 2 rings (SSSR count). The van der Waals surface area contributed by atoms with Crippen LogP contribution in [0.4, 0.5) is 0 Å². The third kappa shape index (κ3) is 2.94. The number of nitrogens with two attached hydrogens (primary N) is 1. The third-order valence-corrected chi connectivity index (χ3v) is 2.96. The van der Waals surface area contributed by atoms with E-state index in [-0.39, 0.29) is 6.04 Å². The SMILES string of the molecule is C[C@@H](N)CCc1ccc(-c2ccnn2C)cc1. The zero-order chi connectivity index (χ0) is 12.3. The van der Waals surface area contributed by atoms with Crippen LogP contribution >= 0.6 is 0 Å². The predicted molar refractivity (Wildman–Crippen MR) is 70.6 cm³/mol. The Morgan fingerprint density at radius 3 is 2.47 bits per heavy atom. The van der Waals surface area contributed by atoms with Crippen LogP contribution in [0.1, 0.15) is 18.9 Å². The van der Waals surface area contributed by atoms with Gasteiger partial charge in [-0.05, 0) is 37.0 Å². The van der Waals surface area contributed by atoms with Gasteiger partial charge in [0.05, 0.1) is 5.69 Å². The normalized spacial score (nSPS) is 12.6. The minimum absolute atomic E-state index is 0.270. The van der Waals surface area contributed by atoms with E-state index in [2.05, 4.69) is 29.4 Å². The van der Waals surface area contributed by atoms with Crippen molar-refractivity contribution in [2.24, 2.45) is 12.8 Å². The molecule has 2 N–H and O–H groups in total. The molecule has 0 fully saturated rings. The molecule has 3 heteroatoms. The number of hydrogen-bond donors (Lipinski definition) is 1. The van der Waals surface area contributed by atoms with E-state index in [0.29, 0.717) is 0 Å². The zero-order valence-electron chi connectivity index (χ0n) is 10.4. The fourth-order valence-electron chi connectivity index (χ4n) is 1.89. The van der Waals surface area contributed by atoms with E-state index >= 15 is 0 Å². The minimum atomic E-state index is 0.270. The van der Waals surface area contributed by atoms with Crippen molar-refractivity contribution in [1.82, 2.24) is 9.78 Å². The number of benzene rings is 1. The lowest BCUT2D eigenvalue weighted by Gasteiger charge is -2.06. The van der Waals surface area contributed by atoms with Gasteiger partial charge in [0.2, 0.25) is 0 Å². The van der Waals surface area contributed by atoms with Crippen LogP contribution in [0.2, 0.25) is 0 Å². The van der Waals surface area contributed by atoms with Crippen LogP contribution in [-0.2, 0) is 13.5 Å². The molecule has 0 radical (unpaired) electrons. The Labute approximate surface area is 102 Å². The molecule has 17 heavy (non-hydrogen) atoms. The molecule has 1 atom stereocenters. The molecular formula is C14H19N3. The van der Waals surface area contributed by atoms with Gasteiger partial charge in [0.15, 0.2) is 0 Å². The summed E-state index contributed by atoms with van der Waals surface area (Å²) >= 11 is 0. The highest BCUT2D eigenvalue weighted by Crippen LogP contribution is 2.19. The Bertz CT molecular complexity index is 468.